The van der Waals surface area contributed by atoms with Crippen LogP contribution in [-0.2, 0) is 0 Å². The van der Waals surface area contributed by atoms with Gasteiger partial charge in [-0.15, -0.1) is 0 Å². The predicted octanol–water partition coefficient (Wildman–Crippen LogP) is 3.35. The van der Waals surface area contributed by atoms with Gasteiger partial charge in [0.1, 0.15) is 11.9 Å². The summed E-state index contributed by atoms with van der Waals surface area (Å²) in [6.45, 7) is 1.94. The van der Waals surface area contributed by atoms with Gasteiger partial charge in [-0.1, -0.05) is 37.1 Å². The molecule has 0 spiro atoms. The number of para-hydroxylation sites is 1. The van der Waals surface area contributed by atoms with Crippen LogP contribution in [0.3, 0.4) is 0 Å². The fourth-order valence-corrected chi connectivity index (χ4v) is 2.68. The Kier molecular flexibility index (Phi) is 5.41. The molecule has 0 radical (unpaired) electrons. The van der Waals surface area contributed by atoms with Crippen LogP contribution in [0.25, 0.3) is 0 Å². The first kappa shape index (κ1) is 14.9. The van der Waals surface area contributed by atoms with Crippen LogP contribution in [0.2, 0.25) is 0 Å². The Morgan fingerprint density at radius 3 is 2.75 bits per heavy atom. The van der Waals surface area contributed by atoms with Gasteiger partial charge in [-0.2, -0.15) is 0 Å². The maximum atomic E-state index is 10.1. The lowest BCUT2D eigenvalue weighted by atomic mass is 10.1. The van der Waals surface area contributed by atoms with Crippen molar-refractivity contribution in [3.63, 3.8) is 0 Å². The fourth-order valence-electron chi connectivity index (χ4n) is 2.68. The second kappa shape index (κ2) is 7.29. The van der Waals surface area contributed by atoms with Crippen molar-refractivity contribution in [1.29, 1.82) is 0 Å². The van der Waals surface area contributed by atoms with Crippen LogP contribution < -0.4 is 4.74 Å². The molecule has 0 saturated heterocycles. The van der Waals surface area contributed by atoms with Crippen molar-refractivity contribution in [3.8, 4) is 5.75 Å². The average Bonchev–Trinajstić information content (AvgIpc) is 2.67. The molecule has 0 aromatic heterocycles. The molecule has 1 fully saturated rings. The molecular formula is C16H23NO3. The molecule has 2 N–H and O–H groups in total. The third-order valence-corrected chi connectivity index (χ3v) is 3.85. The minimum absolute atomic E-state index is 0.171. The van der Waals surface area contributed by atoms with Crippen molar-refractivity contribution in [2.24, 2.45) is 5.16 Å². The van der Waals surface area contributed by atoms with Gasteiger partial charge in [0.25, 0.3) is 0 Å². The first-order valence-electron chi connectivity index (χ1n) is 7.41. The normalized spacial score (nSPS) is 24.2. The van der Waals surface area contributed by atoms with E-state index in [0.29, 0.717) is 17.9 Å². The van der Waals surface area contributed by atoms with Gasteiger partial charge in [-0.3, -0.25) is 0 Å². The lowest BCUT2D eigenvalue weighted by molar-refractivity contribution is 0.0318. The van der Waals surface area contributed by atoms with Crippen LogP contribution >= 0.6 is 0 Å². The molecule has 1 aliphatic rings. The monoisotopic (exact) mass is 277 g/mol. The number of hydrogen-bond donors (Lipinski definition) is 2. The maximum Gasteiger partial charge on any atom is 0.129 e. The Bertz CT molecular complexity index is 459. The van der Waals surface area contributed by atoms with Crippen LogP contribution in [0.5, 0.6) is 5.75 Å². The van der Waals surface area contributed by atoms with Crippen molar-refractivity contribution in [2.45, 2.75) is 57.7 Å². The van der Waals surface area contributed by atoms with E-state index in [4.69, 9.17) is 9.94 Å². The van der Waals surface area contributed by atoms with Gasteiger partial charge >= 0.3 is 0 Å². The fraction of sp³-hybridized carbons (Fsp3) is 0.562. The molecule has 20 heavy (non-hydrogen) atoms. The van der Waals surface area contributed by atoms with E-state index in [1.807, 2.05) is 31.2 Å². The number of oxime groups is 1. The largest absolute Gasteiger partial charge is 0.487 e. The number of rotatable bonds is 4. The Hall–Kier alpha value is -1.55. The SMILES string of the molecule is CCC(=NO)c1ccccc1OC1CCCCCC1O. The van der Waals surface area contributed by atoms with E-state index >= 15 is 0 Å². The lowest BCUT2D eigenvalue weighted by Crippen LogP contribution is -2.31. The average molecular weight is 277 g/mol. The Labute approximate surface area is 120 Å². The van der Waals surface area contributed by atoms with Crippen LogP contribution in [0.4, 0.5) is 0 Å². The Morgan fingerprint density at radius 2 is 2.00 bits per heavy atom. The van der Waals surface area contributed by atoms with Gasteiger partial charge in [0, 0.05) is 5.56 Å². The summed E-state index contributed by atoms with van der Waals surface area (Å²) >= 11 is 0. The molecule has 1 aromatic carbocycles. The van der Waals surface area contributed by atoms with E-state index < -0.39 is 6.10 Å². The minimum Gasteiger partial charge on any atom is -0.487 e. The van der Waals surface area contributed by atoms with Crippen LogP contribution in [0.15, 0.2) is 29.4 Å². The summed E-state index contributed by atoms with van der Waals surface area (Å²) in [6.07, 6.45) is 4.99. The van der Waals surface area contributed by atoms with E-state index in [1.54, 1.807) is 0 Å². The van der Waals surface area contributed by atoms with E-state index in [9.17, 15) is 5.11 Å². The summed E-state index contributed by atoms with van der Waals surface area (Å²) in [7, 11) is 0. The topological polar surface area (TPSA) is 62.1 Å². The molecule has 4 heteroatoms. The molecule has 0 amide bonds. The van der Waals surface area contributed by atoms with Crippen molar-refractivity contribution < 1.29 is 15.1 Å². The summed E-state index contributed by atoms with van der Waals surface area (Å²) in [4.78, 5) is 0. The van der Waals surface area contributed by atoms with Gasteiger partial charge in [0.05, 0.1) is 11.8 Å². The Balaban J connectivity index is 2.20. The highest BCUT2D eigenvalue weighted by molar-refractivity contribution is 6.02. The van der Waals surface area contributed by atoms with Crippen molar-refractivity contribution in [3.05, 3.63) is 29.8 Å². The number of nitrogens with zero attached hydrogens (tertiary/aromatic N) is 1. The summed E-state index contributed by atoms with van der Waals surface area (Å²) in [5, 5.41) is 22.6. The molecule has 0 aliphatic heterocycles. The van der Waals surface area contributed by atoms with Crippen LogP contribution in [-0.4, -0.2) is 28.2 Å². The lowest BCUT2D eigenvalue weighted by Gasteiger charge is -2.23. The smallest absolute Gasteiger partial charge is 0.129 e. The summed E-state index contributed by atoms with van der Waals surface area (Å²) < 4.78 is 6.02. The minimum atomic E-state index is -0.415. The van der Waals surface area contributed by atoms with Crippen molar-refractivity contribution in [1.82, 2.24) is 0 Å². The molecule has 2 atom stereocenters. The highest BCUT2D eigenvalue weighted by Gasteiger charge is 2.24. The number of aliphatic hydroxyl groups is 1. The van der Waals surface area contributed by atoms with Gasteiger partial charge in [-0.05, 0) is 37.8 Å². The zero-order valence-corrected chi connectivity index (χ0v) is 12.0. The maximum absolute atomic E-state index is 10.1. The molecule has 4 nitrogen and oxygen atoms in total. The molecule has 1 saturated carbocycles. The number of hydrogen-bond acceptors (Lipinski definition) is 4. The zero-order chi connectivity index (χ0) is 14.4. The standard InChI is InChI=1S/C16H23NO3/c1-2-13(17-19)12-8-6-7-10-15(12)20-16-11-5-3-4-9-14(16)18/h6-8,10,14,16,18-19H,2-5,9,11H2,1H3. The number of benzene rings is 1. The van der Waals surface area contributed by atoms with Gasteiger partial charge in [-0.25, -0.2) is 0 Å². The third-order valence-electron chi connectivity index (χ3n) is 3.85. The molecule has 0 heterocycles. The molecular weight excluding hydrogens is 254 g/mol. The molecule has 110 valence electrons. The zero-order valence-electron chi connectivity index (χ0n) is 12.0. The van der Waals surface area contributed by atoms with Crippen LogP contribution in [0, 0.1) is 0 Å². The van der Waals surface area contributed by atoms with E-state index in [0.717, 1.165) is 37.7 Å². The van der Waals surface area contributed by atoms with Crippen molar-refractivity contribution >= 4 is 5.71 Å². The summed E-state index contributed by atoms with van der Waals surface area (Å²) in [6, 6.07) is 7.55. The van der Waals surface area contributed by atoms with Crippen LogP contribution in [0.1, 0.15) is 51.0 Å². The highest BCUT2D eigenvalue weighted by Crippen LogP contribution is 2.26. The van der Waals surface area contributed by atoms with Gasteiger partial charge < -0.3 is 15.1 Å². The van der Waals surface area contributed by atoms with E-state index in [1.165, 1.54) is 0 Å². The summed E-state index contributed by atoms with van der Waals surface area (Å²) in [5.74, 6) is 0.688. The second-order valence-electron chi connectivity index (χ2n) is 5.26. The van der Waals surface area contributed by atoms with E-state index in [2.05, 4.69) is 5.16 Å². The second-order valence-corrected chi connectivity index (χ2v) is 5.26. The highest BCUT2D eigenvalue weighted by atomic mass is 16.5. The molecule has 2 rings (SSSR count). The molecule has 2 unspecified atom stereocenters. The molecule has 1 aliphatic carbocycles. The van der Waals surface area contributed by atoms with E-state index in [-0.39, 0.29) is 6.10 Å². The summed E-state index contributed by atoms with van der Waals surface area (Å²) in [5.41, 5.74) is 1.40. The Morgan fingerprint density at radius 1 is 1.25 bits per heavy atom. The predicted molar refractivity (Wildman–Crippen MR) is 78.6 cm³/mol. The third kappa shape index (κ3) is 3.51. The number of ether oxygens (including phenoxy) is 1. The van der Waals surface area contributed by atoms with Crippen molar-refractivity contribution in [2.75, 3.05) is 0 Å². The first-order valence-corrected chi connectivity index (χ1v) is 7.41. The molecule has 1 aromatic rings. The van der Waals surface area contributed by atoms with Gasteiger partial charge in [0.15, 0.2) is 0 Å². The first-order chi connectivity index (χ1) is 9.76. The quantitative estimate of drug-likeness (QED) is 0.384. The number of aliphatic hydroxyl groups excluding tert-OH is 1. The molecule has 0 bridgehead atoms. The van der Waals surface area contributed by atoms with Gasteiger partial charge in [0.2, 0.25) is 0 Å².